The highest BCUT2D eigenvalue weighted by Crippen LogP contribution is 2.23. The number of carbonyl (C=O) groups excluding carboxylic acids is 1. The van der Waals surface area contributed by atoms with Gasteiger partial charge in [-0.1, -0.05) is 19.8 Å². The molecule has 1 aromatic carbocycles. The number of fused-ring (bicyclic) bond motifs is 1. The second-order valence-electron chi connectivity index (χ2n) is 5.95. The summed E-state index contributed by atoms with van der Waals surface area (Å²) in [4.78, 5) is 17.4. The van der Waals surface area contributed by atoms with Crippen LogP contribution in [0.25, 0.3) is 10.9 Å². The fourth-order valence-electron chi connectivity index (χ4n) is 3.08. The molecule has 112 valence electrons. The number of aromatic amines is 1. The van der Waals surface area contributed by atoms with Crippen LogP contribution in [0.1, 0.15) is 32.6 Å². The lowest BCUT2D eigenvalue weighted by Crippen LogP contribution is -2.32. The van der Waals surface area contributed by atoms with E-state index >= 15 is 0 Å². The number of hydrogen-bond donors (Lipinski definition) is 2. The maximum absolute atomic E-state index is 12.3. The molecule has 1 saturated heterocycles. The molecule has 1 aromatic heterocycles. The number of unbranched alkanes of at least 4 members (excludes halogenated alkanes) is 1. The molecule has 0 radical (unpaired) electrons. The van der Waals surface area contributed by atoms with E-state index in [1.54, 1.807) is 0 Å². The van der Waals surface area contributed by atoms with Crippen LogP contribution in [-0.2, 0) is 0 Å². The summed E-state index contributed by atoms with van der Waals surface area (Å²) < 4.78 is 0. The number of hydrogen-bond acceptors (Lipinski definition) is 1. The summed E-state index contributed by atoms with van der Waals surface area (Å²) >= 11 is 0. The Hall–Kier alpha value is -1.97. The van der Waals surface area contributed by atoms with Gasteiger partial charge in [0.25, 0.3) is 0 Å². The Bertz CT molecular complexity index is 619. The van der Waals surface area contributed by atoms with Crippen LogP contribution in [0, 0.1) is 5.92 Å². The number of rotatable bonds is 4. The van der Waals surface area contributed by atoms with Crippen LogP contribution in [0.5, 0.6) is 0 Å². The van der Waals surface area contributed by atoms with Gasteiger partial charge >= 0.3 is 6.03 Å². The molecule has 1 atom stereocenters. The van der Waals surface area contributed by atoms with Gasteiger partial charge in [-0.2, -0.15) is 0 Å². The van der Waals surface area contributed by atoms with Crippen molar-refractivity contribution in [3.8, 4) is 0 Å². The zero-order chi connectivity index (χ0) is 14.7. The van der Waals surface area contributed by atoms with Gasteiger partial charge in [0.15, 0.2) is 0 Å². The number of carbonyl (C=O) groups is 1. The minimum atomic E-state index is 0.0314. The quantitative estimate of drug-likeness (QED) is 0.868. The average molecular weight is 285 g/mol. The van der Waals surface area contributed by atoms with Gasteiger partial charge in [0, 0.05) is 35.9 Å². The van der Waals surface area contributed by atoms with Crippen LogP contribution in [-0.4, -0.2) is 29.0 Å². The normalized spacial score (nSPS) is 18.3. The Morgan fingerprint density at radius 3 is 3.19 bits per heavy atom. The molecule has 2 N–H and O–H groups in total. The Labute approximate surface area is 125 Å². The van der Waals surface area contributed by atoms with Crippen LogP contribution < -0.4 is 5.32 Å². The van der Waals surface area contributed by atoms with E-state index in [1.807, 2.05) is 35.4 Å². The number of anilines is 1. The fraction of sp³-hybridized carbons (Fsp3) is 0.471. The lowest BCUT2D eigenvalue weighted by molar-refractivity contribution is 0.220. The van der Waals surface area contributed by atoms with Gasteiger partial charge in [0.05, 0.1) is 0 Å². The molecule has 1 unspecified atom stereocenters. The lowest BCUT2D eigenvalue weighted by atomic mass is 10.0. The molecule has 2 aromatic rings. The van der Waals surface area contributed by atoms with Crippen molar-refractivity contribution >= 4 is 22.6 Å². The number of urea groups is 1. The maximum Gasteiger partial charge on any atom is 0.321 e. The van der Waals surface area contributed by atoms with Crippen molar-refractivity contribution in [2.24, 2.45) is 5.92 Å². The van der Waals surface area contributed by atoms with E-state index in [9.17, 15) is 4.79 Å². The first kappa shape index (κ1) is 14.0. The SMILES string of the molecule is CCCCC1CCN(C(=O)Nc2ccc3[nH]ccc3c2)C1. The smallest absolute Gasteiger partial charge is 0.321 e. The second-order valence-corrected chi connectivity index (χ2v) is 5.95. The predicted octanol–water partition coefficient (Wildman–Crippen LogP) is 4.21. The first-order valence-corrected chi connectivity index (χ1v) is 7.89. The summed E-state index contributed by atoms with van der Waals surface area (Å²) in [5.41, 5.74) is 1.96. The van der Waals surface area contributed by atoms with Gasteiger partial charge in [0.2, 0.25) is 0 Å². The summed E-state index contributed by atoms with van der Waals surface area (Å²) in [5, 5.41) is 4.14. The van der Waals surface area contributed by atoms with Crippen molar-refractivity contribution in [1.82, 2.24) is 9.88 Å². The first-order valence-electron chi connectivity index (χ1n) is 7.89. The van der Waals surface area contributed by atoms with Gasteiger partial charge in [-0.25, -0.2) is 4.79 Å². The second kappa shape index (κ2) is 6.20. The molecule has 0 aliphatic carbocycles. The minimum absolute atomic E-state index is 0.0314. The number of amides is 2. The molecular weight excluding hydrogens is 262 g/mol. The molecule has 0 saturated carbocycles. The average Bonchev–Trinajstić information content (AvgIpc) is 3.13. The zero-order valence-electron chi connectivity index (χ0n) is 12.6. The van der Waals surface area contributed by atoms with Gasteiger partial charge in [-0.05, 0) is 43.0 Å². The molecule has 4 nitrogen and oxygen atoms in total. The summed E-state index contributed by atoms with van der Waals surface area (Å²) in [6.45, 7) is 4.00. The standard InChI is InChI=1S/C17H23N3O/c1-2-3-4-13-8-10-20(12-13)17(21)19-15-5-6-16-14(11-15)7-9-18-16/h5-7,9,11,13,18H,2-4,8,10,12H2,1H3,(H,19,21). The Morgan fingerprint density at radius 1 is 1.43 bits per heavy atom. The number of nitrogens with zero attached hydrogens (tertiary/aromatic N) is 1. The summed E-state index contributed by atoms with van der Waals surface area (Å²) in [5.74, 6) is 0.683. The Kier molecular flexibility index (Phi) is 4.13. The van der Waals surface area contributed by atoms with Crippen LogP contribution in [0.15, 0.2) is 30.5 Å². The molecule has 21 heavy (non-hydrogen) atoms. The first-order chi connectivity index (χ1) is 10.3. The molecular formula is C17H23N3O. The van der Waals surface area contributed by atoms with E-state index in [2.05, 4.69) is 17.2 Å². The highest BCUT2D eigenvalue weighted by molar-refractivity contribution is 5.92. The Morgan fingerprint density at radius 2 is 2.33 bits per heavy atom. The molecule has 1 fully saturated rings. The van der Waals surface area contributed by atoms with E-state index in [0.717, 1.165) is 36.1 Å². The van der Waals surface area contributed by atoms with Crippen molar-refractivity contribution < 1.29 is 4.79 Å². The minimum Gasteiger partial charge on any atom is -0.361 e. The summed E-state index contributed by atoms with van der Waals surface area (Å²) in [7, 11) is 0. The van der Waals surface area contributed by atoms with Gasteiger partial charge in [-0.3, -0.25) is 0 Å². The molecule has 2 heterocycles. The van der Waals surface area contributed by atoms with Crippen molar-refractivity contribution in [2.75, 3.05) is 18.4 Å². The third-order valence-electron chi connectivity index (χ3n) is 4.34. The van der Waals surface area contributed by atoms with Gasteiger partial charge in [-0.15, -0.1) is 0 Å². The zero-order valence-corrected chi connectivity index (χ0v) is 12.6. The third kappa shape index (κ3) is 3.20. The largest absolute Gasteiger partial charge is 0.361 e. The van der Waals surface area contributed by atoms with E-state index in [1.165, 1.54) is 19.3 Å². The highest BCUT2D eigenvalue weighted by atomic mass is 16.2. The van der Waals surface area contributed by atoms with E-state index in [0.29, 0.717) is 5.92 Å². The molecule has 4 heteroatoms. The molecule has 0 spiro atoms. The van der Waals surface area contributed by atoms with Gasteiger partial charge in [0.1, 0.15) is 0 Å². The van der Waals surface area contributed by atoms with Crippen LogP contribution in [0.3, 0.4) is 0 Å². The fourth-order valence-corrected chi connectivity index (χ4v) is 3.08. The third-order valence-corrected chi connectivity index (χ3v) is 4.34. The summed E-state index contributed by atoms with van der Waals surface area (Å²) in [6, 6.07) is 8.00. The van der Waals surface area contributed by atoms with Crippen LogP contribution in [0.2, 0.25) is 0 Å². The molecule has 1 aliphatic heterocycles. The maximum atomic E-state index is 12.3. The molecule has 2 amide bonds. The molecule has 1 aliphatic rings. The monoisotopic (exact) mass is 285 g/mol. The van der Waals surface area contributed by atoms with Crippen molar-refractivity contribution in [3.63, 3.8) is 0 Å². The Balaban J connectivity index is 1.58. The molecule has 3 rings (SSSR count). The number of likely N-dealkylation sites (tertiary alicyclic amines) is 1. The highest BCUT2D eigenvalue weighted by Gasteiger charge is 2.25. The van der Waals surface area contributed by atoms with E-state index in [4.69, 9.17) is 0 Å². The van der Waals surface area contributed by atoms with Crippen molar-refractivity contribution in [2.45, 2.75) is 32.6 Å². The summed E-state index contributed by atoms with van der Waals surface area (Å²) in [6.07, 6.45) is 6.80. The number of nitrogens with one attached hydrogen (secondary N) is 2. The van der Waals surface area contributed by atoms with Crippen molar-refractivity contribution in [1.29, 1.82) is 0 Å². The van der Waals surface area contributed by atoms with Crippen LogP contribution in [0.4, 0.5) is 10.5 Å². The number of aromatic nitrogens is 1. The molecule has 0 bridgehead atoms. The predicted molar refractivity (Wildman–Crippen MR) is 86.5 cm³/mol. The lowest BCUT2D eigenvalue weighted by Gasteiger charge is -2.17. The van der Waals surface area contributed by atoms with E-state index < -0.39 is 0 Å². The number of benzene rings is 1. The van der Waals surface area contributed by atoms with E-state index in [-0.39, 0.29) is 6.03 Å². The van der Waals surface area contributed by atoms with Crippen LogP contribution >= 0.6 is 0 Å². The van der Waals surface area contributed by atoms with Gasteiger partial charge < -0.3 is 15.2 Å². The van der Waals surface area contributed by atoms with Crippen molar-refractivity contribution in [3.05, 3.63) is 30.5 Å². The topological polar surface area (TPSA) is 48.1 Å². The number of H-pyrrole nitrogens is 1.